The number of hydrogen-bond donors (Lipinski definition) is 6. The predicted octanol–water partition coefficient (Wildman–Crippen LogP) is -1.43. The van der Waals surface area contributed by atoms with Crippen LogP contribution in [-0.2, 0) is 0 Å². The molecule has 2 heterocycles. The van der Waals surface area contributed by atoms with E-state index in [0.717, 1.165) is 0 Å². The lowest BCUT2D eigenvalue weighted by molar-refractivity contribution is 0.320. The summed E-state index contributed by atoms with van der Waals surface area (Å²) in [5, 5.41) is 0. The first-order valence-electron chi connectivity index (χ1n) is 4.92. The van der Waals surface area contributed by atoms with E-state index in [1.165, 1.54) is 12.7 Å². The summed E-state index contributed by atoms with van der Waals surface area (Å²) in [6, 6.07) is 0. The number of aromatic amines is 2. The van der Waals surface area contributed by atoms with Crippen LogP contribution >= 0.6 is 0 Å². The lowest BCUT2D eigenvalue weighted by Gasteiger charge is -1.96. The summed E-state index contributed by atoms with van der Waals surface area (Å²) in [5.41, 5.74) is 20.8. The maximum Gasteiger partial charge on any atom is 0.257 e. The van der Waals surface area contributed by atoms with E-state index in [1.54, 1.807) is 0 Å². The Morgan fingerprint density at radius 2 is 1.28 bits per heavy atom. The first-order valence-corrected chi connectivity index (χ1v) is 4.92. The van der Waals surface area contributed by atoms with Crippen LogP contribution < -0.4 is 32.4 Å². The van der Waals surface area contributed by atoms with Crippen molar-refractivity contribution in [2.24, 2.45) is 11.5 Å². The van der Waals surface area contributed by atoms with Crippen molar-refractivity contribution in [1.82, 2.24) is 19.9 Å². The van der Waals surface area contributed by atoms with Gasteiger partial charge in [-0.1, -0.05) is 0 Å². The smallest absolute Gasteiger partial charge is 0.257 e. The quantitative estimate of drug-likeness (QED) is 0.360. The molecule has 0 aromatic carbocycles. The lowest BCUT2D eigenvalue weighted by atomic mass is 10.7. The van der Waals surface area contributed by atoms with Gasteiger partial charge in [-0.25, -0.2) is 9.97 Å². The number of imidazole rings is 2. The van der Waals surface area contributed by atoms with Crippen LogP contribution in [0.5, 0.6) is 11.8 Å². The van der Waals surface area contributed by atoms with Crippen molar-refractivity contribution in [3.05, 3.63) is 12.7 Å². The number of nitrogens with two attached hydrogens (primary N) is 4. The molecule has 0 fully saturated rings. The van der Waals surface area contributed by atoms with E-state index in [0.29, 0.717) is 23.4 Å². The van der Waals surface area contributed by atoms with E-state index >= 15 is 0 Å². The molecule has 0 aliphatic heterocycles. The third kappa shape index (κ3) is 3.84. The molecule has 0 saturated heterocycles. The molecule has 0 aliphatic rings. The van der Waals surface area contributed by atoms with Crippen LogP contribution in [0.15, 0.2) is 12.7 Å². The Balaban J connectivity index is 0.000000180. The maximum atomic E-state index is 5.33. The number of aromatic nitrogens is 4. The van der Waals surface area contributed by atoms with Crippen molar-refractivity contribution in [2.45, 2.75) is 0 Å². The monoisotopic (exact) mass is 256 g/mol. The Hall–Kier alpha value is -2.46. The fraction of sp³-hybridized carbons (Fsp3) is 0.250. The minimum Gasteiger partial charge on any atom is -0.459 e. The third-order valence-electron chi connectivity index (χ3n) is 1.70. The molecule has 0 bridgehead atoms. The van der Waals surface area contributed by atoms with Crippen LogP contribution in [0.25, 0.3) is 0 Å². The van der Waals surface area contributed by atoms with Crippen molar-refractivity contribution < 1.29 is 9.47 Å². The number of hydrogen-bond acceptors (Lipinski definition) is 8. The van der Waals surface area contributed by atoms with Gasteiger partial charge in [0, 0.05) is 0 Å². The molecule has 100 valence electrons. The highest BCUT2D eigenvalue weighted by Gasteiger charge is 1.99. The number of rotatable bonds is 4. The van der Waals surface area contributed by atoms with Gasteiger partial charge in [-0.2, -0.15) is 0 Å². The van der Waals surface area contributed by atoms with E-state index in [4.69, 9.17) is 32.4 Å². The largest absolute Gasteiger partial charge is 0.459 e. The highest BCUT2D eigenvalue weighted by molar-refractivity contribution is 5.39. The number of nitrogen functional groups attached to an aromatic ring is 2. The molecule has 18 heavy (non-hydrogen) atoms. The SMILES string of the molecule is NCOc1nc[nH]c1N.NCOc1nc[nH]c1N. The second-order valence-electron chi connectivity index (χ2n) is 2.86. The number of H-pyrrole nitrogens is 2. The van der Waals surface area contributed by atoms with Gasteiger partial charge in [-0.3, -0.25) is 11.5 Å². The van der Waals surface area contributed by atoms with Crippen molar-refractivity contribution in [1.29, 1.82) is 0 Å². The molecular weight excluding hydrogens is 240 g/mol. The summed E-state index contributed by atoms with van der Waals surface area (Å²) in [5.74, 6) is 1.52. The van der Waals surface area contributed by atoms with E-state index in [-0.39, 0.29) is 13.5 Å². The number of anilines is 2. The Morgan fingerprint density at radius 1 is 0.889 bits per heavy atom. The van der Waals surface area contributed by atoms with Crippen LogP contribution in [0.4, 0.5) is 11.6 Å². The van der Waals surface area contributed by atoms with Gasteiger partial charge in [0.15, 0.2) is 11.6 Å². The van der Waals surface area contributed by atoms with Gasteiger partial charge < -0.3 is 30.9 Å². The average molecular weight is 256 g/mol. The van der Waals surface area contributed by atoms with Gasteiger partial charge in [-0.15, -0.1) is 0 Å². The summed E-state index contributed by atoms with van der Waals surface area (Å²) in [7, 11) is 0. The fourth-order valence-corrected chi connectivity index (χ4v) is 0.971. The molecule has 0 saturated carbocycles. The maximum absolute atomic E-state index is 5.33. The van der Waals surface area contributed by atoms with E-state index in [9.17, 15) is 0 Å². The second kappa shape index (κ2) is 6.98. The number of nitrogens with zero attached hydrogens (tertiary/aromatic N) is 2. The van der Waals surface area contributed by atoms with E-state index in [1.807, 2.05) is 0 Å². The lowest BCUT2D eigenvalue weighted by Crippen LogP contribution is -2.08. The highest BCUT2D eigenvalue weighted by atomic mass is 16.5. The third-order valence-corrected chi connectivity index (χ3v) is 1.70. The summed E-state index contributed by atoms with van der Waals surface area (Å²) in [4.78, 5) is 12.7. The molecule has 10 nitrogen and oxygen atoms in total. The van der Waals surface area contributed by atoms with Crippen LogP contribution in [-0.4, -0.2) is 33.4 Å². The van der Waals surface area contributed by atoms with Crippen molar-refractivity contribution >= 4 is 11.6 Å². The molecule has 0 spiro atoms. The summed E-state index contributed by atoms with van der Waals surface area (Å²) >= 11 is 0. The Kier molecular flexibility index (Phi) is 5.28. The van der Waals surface area contributed by atoms with Gasteiger partial charge in [0.05, 0.1) is 12.7 Å². The van der Waals surface area contributed by atoms with Gasteiger partial charge in [0.2, 0.25) is 0 Å². The molecule has 10 N–H and O–H groups in total. The molecular formula is C8H16N8O2. The Morgan fingerprint density at radius 3 is 1.50 bits per heavy atom. The van der Waals surface area contributed by atoms with Crippen LogP contribution in [0.1, 0.15) is 0 Å². The molecule has 2 rings (SSSR count). The topological polar surface area (TPSA) is 180 Å². The molecule has 2 aromatic rings. The molecule has 0 radical (unpaired) electrons. The van der Waals surface area contributed by atoms with E-state index < -0.39 is 0 Å². The predicted molar refractivity (Wildman–Crippen MR) is 65.4 cm³/mol. The zero-order chi connectivity index (χ0) is 13.4. The minimum atomic E-state index is 0.0923. The number of ether oxygens (including phenoxy) is 2. The van der Waals surface area contributed by atoms with E-state index in [2.05, 4.69) is 19.9 Å². The van der Waals surface area contributed by atoms with Crippen LogP contribution in [0.3, 0.4) is 0 Å². The van der Waals surface area contributed by atoms with Gasteiger partial charge in [-0.05, 0) is 0 Å². The average Bonchev–Trinajstić information content (AvgIpc) is 2.92. The second-order valence-corrected chi connectivity index (χ2v) is 2.86. The first kappa shape index (κ1) is 13.6. The molecule has 0 unspecified atom stereocenters. The van der Waals surface area contributed by atoms with Gasteiger partial charge in [0.25, 0.3) is 11.8 Å². The zero-order valence-electron chi connectivity index (χ0n) is 9.59. The molecule has 0 amide bonds. The molecule has 0 atom stereocenters. The molecule has 2 aromatic heterocycles. The standard InChI is InChI=1S/2C4H8N4O/c2*5-1-9-4-3(6)7-2-8-4/h2*2H,1,5-6H2,(H,7,8). The summed E-state index contributed by atoms with van der Waals surface area (Å²) in [6.45, 7) is 0.185. The zero-order valence-corrected chi connectivity index (χ0v) is 9.59. The van der Waals surface area contributed by atoms with Crippen LogP contribution in [0, 0.1) is 0 Å². The minimum absolute atomic E-state index is 0.0923. The van der Waals surface area contributed by atoms with Crippen molar-refractivity contribution in [3.63, 3.8) is 0 Å². The molecule has 10 heteroatoms. The fourth-order valence-electron chi connectivity index (χ4n) is 0.971. The summed E-state index contributed by atoms with van der Waals surface area (Å²) in [6.07, 6.45) is 2.89. The van der Waals surface area contributed by atoms with Crippen molar-refractivity contribution in [2.75, 3.05) is 24.9 Å². The first-order chi connectivity index (χ1) is 8.69. The van der Waals surface area contributed by atoms with Crippen LogP contribution in [0.2, 0.25) is 0 Å². The van der Waals surface area contributed by atoms with Gasteiger partial charge >= 0.3 is 0 Å². The van der Waals surface area contributed by atoms with Gasteiger partial charge in [0.1, 0.15) is 13.5 Å². The summed E-state index contributed by atoms with van der Waals surface area (Å²) < 4.78 is 9.57. The highest BCUT2D eigenvalue weighted by Crippen LogP contribution is 2.12. The number of nitrogens with one attached hydrogen (secondary N) is 2. The normalized spacial score (nSPS) is 9.44. The Bertz CT molecular complexity index is 411. The Labute approximate surface area is 103 Å². The molecule has 0 aliphatic carbocycles. The van der Waals surface area contributed by atoms with Crippen molar-refractivity contribution in [3.8, 4) is 11.8 Å².